The van der Waals surface area contributed by atoms with Gasteiger partial charge in [0, 0.05) is 19.0 Å². The van der Waals surface area contributed by atoms with Crippen molar-refractivity contribution in [1.82, 2.24) is 9.55 Å². The highest BCUT2D eigenvalue weighted by molar-refractivity contribution is 5.77. The zero-order valence-electron chi connectivity index (χ0n) is 30.9. The van der Waals surface area contributed by atoms with Crippen LogP contribution in [0.4, 0.5) is 14.6 Å². The Morgan fingerprint density at radius 2 is 1.91 bits per heavy atom. The first-order chi connectivity index (χ1) is 25.6. The van der Waals surface area contributed by atoms with E-state index < -0.39 is 67.2 Å². The van der Waals surface area contributed by atoms with Crippen LogP contribution in [0.1, 0.15) is 90.7 Å². The Hall–Kier alpha value is -3.72. The summed E-state index contributed by atoms with van der Waals surface area (Å²) >= 11 is 0. The quantitative estimate of drug-likeness (QED) is 0.171. The minimum Gasteiger partial charge on any atom is -0.463 e. The molecule has 0 spiro atoms. The van der Waals surface area contributed by atoms with E-state index in [4.69, 9.17) is 19.9 Å². The Morgan fingerprint density at radius 3 is 2.63 bits per heavy atom. The number of nitrogens with zero attached hydrogens (tertiary/aromatic N) is 2. The molecule has 5 N–H and O–H groups in total. The van der Waals surface area contributed by atoms with E-state index in [9.17, 15) is 38.5 Å². The summed E-state index contributed by atoms with van der Waals surface area (Å²) in [5.41, 5.74) is 7.24. The van der Waals surface area contributed by atoms with Crippen LogP contribution in [0.15, 0.2) is 64.7 Å². The van der Waals surface area contributed by atoms with E-state index in [1.54, 1.807) is 0 Å². The molecular formula is C40H53F2N3O9. The molecule has 296 valence electrons. The molecule has 0 radical (unpaired) electrons. The van der Waals surface area contributed by atoms with Crippen LogP contribution in [0, 0.1) is 29.1 Å². The first-order valence-corrected chi connectivity index (χ1v) is 19.1. The molecule has 54 heavy (non-hydrogen) atoms. The molecule has 0 amide bonds. The van der Waals surface area contributed by atoms with Crippen molar-refractivity contribution in [2.24, 2.45) is 29.1 Å². The molecule has 4 aliphatic carbocycles. The molecule has 14 heteroatoms. The van der Waals surface area contributed by atoms with Gasteiger partial charge < -0.3 is 35.3 Å². The number of carbonyl (C=O) groups is 2. The summed E-state index contributed by atoms with van der Waals surface area (Å²) in [5.74, 6) is -3.92. The summed E-state index contributed by atoms with van der Waals surface area (Å²) in [7, 11) is 0. The minimum atomic E-state index is -3.91. The number of halogens is 2. The van der Waals surface area contributed by atoms with Crippen LogP contribution in [0.5, 0.6) is 0 Å². The van der Waals surface area contributed by atoms with Crippen LogP contribution in [0.3, 0.4) is 0 Å². The maximum absolute atomic E-state index is 14.8. The van der Waals surface area contributed by atoms with Crippen molar-refractivity contribution in [2.45, 2.75) is 127 Å². The van der Waals surface area contributed by atoms with E-state index >= 15 is 0 Å². The Balaban J connectivity index is 0.993. The van der Waals surface area contributed by atoms with E-state index in [0.717, 1.165) is 62.8 Å². The number of aliphatic hydroxyl groups is 3. The number of carbonyl (C=O) groups excluding carboxylic acids is 2. The summed E-state index contributed by atoms with van der Waals surface area (Å²) in [5, 5.41) is 31.3. The zero-order valence-corrected chi connectivity index (χ0v) is 30.9. The third-order valence-electron chi connectivity index (χ3n) is 12.4. The molecule has 1 aromatic rings. The molecule has 1 aliphatic heterocycles. The van der Waals surface area contributed by atoms with Crippen molar-refractivity contribution >= 4 is 17.8 Å². The average Bonchev–Trinajstić information content (AvgIpc) is 3.87. The van der Waals surface area contributed by atoms with Crippen molar-refractivity contribution in [3.8, 4) is 0 Å². The number of allylic oxidation sites excluding steroid dienone is 4. The van der Waals surface area contributed by atoms with Gasteiger partial charge in [0.05, 0.1) is 25.0 Å². The first-order valence-electron chi connectivity index (χ1n) is 19.1. The van der Waals surface area contributed by atoms with Crippen LogP contribution >= 0.6 is 0 Å². The van der Waals surface area contributed by atoms with Gasteiger partial charge in [0.15, 0.2) is 6.10 Å². The van der Waals surface area contributed by atoms with Crippen LogP contribution in [0.25, 0.3) is 0 Å². The number of alkyl halides is 2. The van der Waals surface area contributed by atoms with Gasteiger partial charge in [-0.3, -0.25) is 14.2 Å². The molecule has 6 rings (SSSR count). The van der Waals surface area contributed by atoms with Gasteiger partial charge in [-0.1, -0.05) is 50.3 Å². The fraction of sp³-hybridized carbons (Fsp3) is 0.650. The number of fused-ring (bicyclic) bond motifs is 1. The maximum atomic E-state index is 14.8. The molecular weight excluding hydrogens is 704 g/mol. The summed E-state index contributed by atoms with van der Waals surface area (Å²) in [4.78, 5) is 40.6. The summed E-state index contributed by atoms with van der Waals surface area (Å²) < 4.78 is 45.9. The molecule has 10 atom stereocenters. The fourth-order valence-electron chi connectivity index (χ4n) is 9.11. The maximum Gasteiger partial charge on any atom is 0.351 e. The highest BCUT2D eigenvalue weighted by Gasteiger charge is 2.60. The number of nitrogens with two attached hydrogens (primary N) is 1. The van der Waals surface area contributed by atoms with Gasteiger partial charge in [-0.05, 0) is 91.2 Å². The Labute approximate surface area is 313 Å². The van der Waals surface area contributed by atoms with Crippen LogP contribution < -0.4 is 11.4 Å². The van der Waals surface area contributed by atoms with Gasteiger partial charge in [-0.15, -0.1) is 0 Å². The molecule has 5 aliphatic rings. The zero-order chi connectivity index (χ0) is 38.9. The van der Waals surface area contributed by atoms with E-state index in [1.165, 1.54) is 5.57 Å². The van der Waals surface area contributed by atoms with Gasteiger partial charge in [0.2, 0.25) is 6.23 Å². The molecule has 2 heterocycles. The predicted molar refractivity (Wildman–Crippen MR) is 194 cm³/mol. The van der Waals surface area contributed by atoms with Gasteiger partial charge >= 0.3 is 23.6 Å². The normalized spacial score (nSPS) is 34.9. The van der Waals surface area contributed by atoms with Gasteiger partial charge in [-0.2, -0.15) is 13.8 Å². The fourth-order valence-corrected chi connectivity index (χ4v) is 9.11. The summed E-state index contributed by atoms with van der Waals surface area (Å²) in [6, 6.07) is 1.12. The lowest BCUT2D eigenvalue weighted by atomic mass is 9.61. The second kappa shape index (κ2) is 16.2. The third kappa shape index (κ3) is 8.56. The van der Waals surface area contributed by atoms with Crippen LogP contribution in [0.2, 0.25) is 0 Å². The van der Waals surface area contributed by atoms with Crippen molar-refractivity contribution in [1.29, 1.82) is 0 Å². The van der Waals surface area contributed by atoms with Gasteiger partial charge in [-0.25, -0.2) is 4.79 Å². The Kier molecular flexibility index (Phi) is 12.0. The van der Waals surface area contributed by atoms with Gasteiger partial charge in [0.1, 0.15) is 24.6 Å². The SMILES string of the molecule is C=C1/C(=C\C=C2/CCC[C@@]3(C)C2CCC3[C@@H](C)/C=C/C(O)C2CC2)C[C@@H](OC(=O)CCC(=O)OCC2OC(n3ccc(N)nc3=O)C(F)(F)C2O)C[C@@H]1O. The lowest BCUT2D eigenvalue weighted by Gasteiger charge is -2.44. The summed E-state index contributed by atoms with van der Waals surface area (Å²) in [6.45, 7) is 8.04. The molecule has 4 saturated carbocycles. The van der Waals surface area contributed by atoms with Crippen molar-refractivity contribution in [3.63, 3.8) is 0 Å². The van der Waals surface area contributed by atoms with Crippen LogP contribution in [-0.2, 0) is 23.8 Å². The number of ether oxygens (including phenoxy) is 3. The lowest BCUT2D eigenvalue weighted by molar-refractivity contribution is -0.157. The van der Waals surface area contributed by atoms with E-state index in [1.807, 2.05) is 12.2 Å². The van der Waals surface area contributed by atoms with Gasteiger partial charge in [0.25, 0.3) is 0 Å². The second-order valence-electron chi connectivity index (χ2n) is 16.1. The molecule has 1 aromatic heterocycles. The highest BCUT2D eigenvalue weighted by Crippen LogP contribution is 2.59. The first kappa shape index (κ1) is 40.0. The largest absolute Gasteiger partial charge is 0.463 e. The molecule has 12 nitrogen and oxygen atoms in total. The van der Waals surface area contributed by atoms with E-state index in [2.05, 4.69) is 37.6 Å². The molecule has 5 fully saturated rings. The standard InChI is InChI=1S/C40H53F2N3O9/c1-22(6-13-30(46)25-8-9-25)28-11-12-29-24(5-4-17-39(28,29)3)7-10-26-19-27(20-31(47)23(26)2)53-35(49)15-14-34(48)52-21-32-36(50)40(41,42)37(54-32)45-18-16-33(43)44-38(45)51/h6-7,10,13,16,18,22,25,27-32,36-37,46-47,50H,2,4-5,8-9,11-12,14-15,17,19-21H2,1,3H3,(H2,43,44,51)/b13-6+,24-7+,26-10-/t22-,27+,28?,29?,30?,31-,32?,36?,37?,39+/m0/s1. The Bertz CT molecular complexity index is 1740. The number of esters is 2. The Morgan fingerprint density at radius 1 is 1.17 bits per heavy atom. The number of rotatable bonds is 12. The molecule has 1 saturated heterocycles. The van der Waals surface area contributed by atoms with Crippen molar-refractivity contribution < 1.29 is 47.9 Å². The topological polar surface area (TPSA) is 183 Å². The number of hydrogen-bond acceptors (Lipinski definition) is 11. The number of anilines is 1. The van der Waals surface area contributed by atoms with Crippen molar-refractivity contribution in [2.75, 3.05) is 12.3 Å². The number of nitrogen functional groups attached to an aromatic ring is 1. The predicted octanol–water partition coefficient (Wildman–Crippen LogP) is 4.70. The highest BCUT2D eigenvalue weighted by atomic mass is 19.3. The van der Waals surface area contributed by atoms with Crippen molar-refractivity contribution in [3.05, 3.63) is 70.3 Å². The number of aromatic nitrogens is 2. The minimum absolute atomic E-state index is 0.158. The lowest BCUT2D eigenvalue weighted by Crippen LogP contribution is -2.42. The molecule has 0 aromatic carbocycles. The number of hydrogen-bond donors (Lipinski definition) is 4. The second-order valence-corrected chi connectivity index (χ2v) is 16.1. The number of aliphatic hydroxyl groups excluding tert-OH is 3. The molecule has 0 bridgehead atoms. The monoisotopic (exact) mass is 757 g/mol. The summed E-state index contributed by atoms with van der Waals surface area (Å²) in [6.07, 6.45) is 8.67. The van der Waals surface area contributed by atoms with E-state index in [-0.39, 0.29) is 30.2 Å². The third-order valence-corrected chi connectivity index (χ3v) is 12.4. The molecule has 6 unspecified atom stereocenters. The average molecular weight is 758 g/mol. The van der Waals surface area contributed by atoms with E-state index in [0.29, 0.717) is 40.2 Å². The van der Waals surface area contributed by atoms with Crippen LogP contribution in [-0.4, -0.2) is 79.9 Å². The smallest absolute Gasteiger partial charge is 0.351 e.